The maximum atomic E-state index is 12.8. The smallest absolute Gasteiger partial charge is 0.294 e. The molecule has 0 spiro atoms. The average Bonchev–Trinajstić information content (AvgIpc) is 3.07. The number of nitrogens with zero attached hydrogens (tertiary/aromatic N) is 2. The number of furan rings is 1. The van der Waals surface area contributed by atoms with Crippen molar-refractivity contribution in [3.8, 4) is 0 Å². The van der Waals surface area contributed by atoms with Crippen molar-refractivity contribution in [3.05, 3.63) is 47.4 Å². The number of anilines is 1. The number of sulfonamides is 1. The van der Waals surface area contributed by atoms with Crippen LogP contribution >= 0.6 is 0 Å². The molecule has 0 aliphatic carbocycles. The molecule has 3 rings (SSSR count). The maximum Gasteiger partial charge on any atom is 0.294 e. The summed E-state index contributed by atoms with van der Waals surface area (Å²) in [6.45, 7) is 6.93. The van der Waals surface area contributed by atoms with E-state index in [9.17, 15) is 13.2 Å². The summed E-state index contributed by atoms with van der Waals surface area (Å²) in [4.78, 5) is 14.8. The molecule has 2 aromatic rings. The van der Waals surface area contributed by atoms with Crippen molar-refractivity contribution < 1.29 is 17.6 Å². The van der Waals surface area contributed by atoms with E-state index in [1.807, 2.05) is 20.8 Å². The molecular formula is C19H24N2O4S. The van der Waals surface area contributed by atoms with Crippen molar-refractivity contribution in [2.24, 2.45) is 0 Å². The van der Waals surface area contributed by atoms with Crippen LogP contribution in [0.1, 0.15) is 41.9 Å². The molecule has 0 atom stereocenters. The molecule has 0 unspecified atom stereocenters. The van der Waals surface area contributed by atoms with Gasteiger partial charge in [0, 0.05) is 30.9 Å². The zero-order valence-electron chi connectivity index (χ0n) is 15.4. The third-order valence-corrected chi connectivity index (χ3v) is 6.86. The largest absolute Gasteiger partial charge is 0.459 e. The number of amides is 1. The lowest BCUT2D eigenvalue weighted by Crippen LogP contribution is -2.36. The molecule has 26 heavy (non-hydrogen) atoms. The van der Waals surface area contributed by atoms with Crippen LogP contribution in [0, 0.1) is 6.92 Å². The number of hydrogen-bond donors (Lipinski definition) is 0. The molecule has 1 amide bonds. The molecular weight excluding hydrogens is 352 g/mol. The van der Waals surface area contributed by atoms with Gasteiger partial charge in [-0.2, -0.15) is 4.31 Å². The molecule has 0 fully saturated rings. The molecule has 0 bridgehead atoms. The molecule has 1 aromatic heterocycles. The fourth-order valence-corrected chi connectivity index (χ4v) is 4.88. The molecule has 0 saturated carbocycles. The number of benzene rings is 1. The van der Waals surface area contributed by atoms with Gasteiger partial charge in [0.25, 0.3) is 5.91 Å². The third kappa shape index (κ3) is 3.17. The minimum Gasteiger partial charge on any atom is -0.459 e. The fourth-order valence-electron chi connectivity index (χ4n) is 3.37. The van der Waals surface area contributed by atoms with Gasteiger partial charge in [-0.3, -0.25) is 4.79 Å². The van der Waals surface area contributed by atoms with Crippen molar-refractivity contribution in [1.29, 1.82) is 0 Å². The first-order valence-corrected chi connectivity index (χ1v) is 10.3. The Hall–Kier alpha value is -2.12. The summed E-state index contributed by atoms with van der Waals surface area (Å²) in [6, 6.07) is 6.80. The second kappa shape index (κ2) is 7.25. The van der Waals surface area contributed by atoms with E-state index in [1.165, 1.54) is 10.6 Å². The van der Waals surface area contributed by atoms with E-state index in [0.717, 1.165) is 29.7 Å². The second-order valence-corrected chi connectivity index (χ2v) is 8.31. The summed E-state index contributed by atoms with van der Waals surface area (Å²) in [5.41, 5.74) is 2.43. The zero-order valence-corrected chi connectivity index (χ0v) is 16.2. The van der Waals surface area contributed by atoms with Crippen LogP contribution in [0.2, 0.25) is 0 Å². The Morgan fingerprint density at radius 1 is 1.23 bits per heavy atom. The molecule has 140 valence electrons. The van der Waals surface area contributed by atoms with Crippen molar-refractivity contribution >= 4 is 21.6 Å². The van der Waals surface area contributed by atoms with Crippen LogP contribution in [0.5, 0.6) is 0 Å². The van der Waals surface area contributed by atoms with Crippen LogP contribution < -0.4 is 4.90 Å². The van der Waals surface area contributed by atoms with E-state index in [0.29, 0.717) is 25.4 Å². The van der Waals surface area contributed by atoms with Gasteiger partial charge in [-0.1, -0.05) is 13.8 Å². The molecule has 7 heteroatoms. The number of fused-ring (bicyclic) bond motifs is 1. The quantitative estimate of drug-likeness (QED) is 0.803. The van der Waals surface area contributed by atoms with Gasteiger partial charge < -0.3 is 9.32 Å². The lowest BCUT2D eigenvalue weighted by atomic mass is 10.0. The topological polar surface area (TPSA) is 70.8 Å². The maximum absolute atomic E-state index is 12.8. The first-order valence-electron chi connectivity index (χ1n) is 8.89. The van der Waals surface area contributed by atoms with Crippen LogP contribution in [0.3, 0.4) is 0 Å². The minimum atomic E-state index is -3.51. The lowest BCUT2D eigenvalue weighted by molar-refractivity contribution is 0.0957. The number of rotatable bonds is 5. The summed E-state index contributed by atoms with van der Waals surface area (Å²) in [6.07, 6.45) is 3.04. The molecule has 0 N–H and O–H groups in total. The highest BCUT2D eigenvalue weighted by Gasteiger charge is 2.29. The second-order valence-electron chi connectivity index (χ2n) is 6.37. The van der Waals surface area contributed by atoms with Crippen molar-refractivity contribution in [1.82, 2.24) is 4.31 Å². The van der Waals surface area contributed by atoms with Gasteiger partial charge in [-0.15, -0.1) is 0 Å². The zero-order chi connectivity index (χ0) is 18.9. The number of carbonyl (C=O) groups is 1. The van der Waals surface area contributed by atoms with Gasteiger partial charge in [0.1, 0.15) is 0 Å². The molecule has 6 nitrogen and oxygen atoms in total. The Morgan fingerprint density at radius 2 is 1.96 bits per heavy atom. The highest BCUT2D eigenvalue weighted by molar-refractivity contribution is 7.89. The molecule has 0 saturated heterocycles. The van der Waals surface area contributed by atoms with Crippen LogP contribution in [-0.2, 0) is 16.4 Å². The van der Waals surface area contributed by atoms with Gasteiger partial charge in [0.05, 0.1) is 11.2 Å². The van der Waals surface area contributed by atoms with Crippen LogP contribution in [0.4, 0.5) is 5.69 Å². The number of hydrogen-bond acceptors (Lipinski definition) is 4. The van der Waals surface area contributed by atoms with E-state index in [4.69, 9.17) is 4.42 Å². The summed E-state index contributed by atoms with van der Waals surface area (Å²) in [5.74, 6) is 0.144. The number of aryl methyl sites for hydroxylation is 2. The summed E-state index contributed by atoms with van der Waals surface area (Å²) in [5, 5.41) is 0. The van der Waals surface area contributed by atoms with Gasteiger partial charge in [-0.05, 0) is 49.6 Å². The van der Waals surface area contributed by atoms with Crippen LogP contribution in [0.15, 0.2) is 39.8 Å². The van der Waals surface area contributed by atoms with Gasteiger partial charge >= 0.3 is 0 Å². The number of carbonyl (C=O) groups excluding carboxylic acids is 1. The summed E-state index contributed by atoms with van der Waals surface area (Å²) >= 11 is 0. The first kappa shape index (κ1) is 18.7. The third-order valence-electron chi connectivity index (χ3n) is 4.81. The minimum absolute atomic E-state index is 0.187. The monoisotopic (exact) mass is 376 g/mol. The van der Waals surface area contributed by atoms with Gasteiger partial charge in [-0.25, -0.2) is 8.42 Å². The van der Waals surface area contributed by atoms with E-state index < -0.39 is 10.0 Å². The predicted molar refractivity (Wildman–Crippen MR) is 100.0 cm³/mol. The Morgan fingerprint density at radius 3 is 2.58 bits per heavy atom. The average molecular weight is 376 g/mol. The van der Waals surface area contributed by atoms with Crippen molar-refractivity contribution in [2.75, 3.05) is 24.5 Å². The Bertz CT molecular complexity index is 913. The molecule has 0 radical (unpaired) electrons. The standard InChI is InChI=1S/C19H24N2O4S/c1-4-20(5-2)26(23,24)16-8-9-17-15(13-16)7-6-11-21(17)19(22)18-14(3)10-12-25-18/h8-10,12-13H,4-7,11H2,1-3H3. The summed E-state index contributed by atoms with van der Waals surface area (Å²) in [7, 11) is -3.51. The van der Waals surface area contributed by atoms with E-state index in [-0.39, 0.29) is 10.8 Å². The predicted octanol–water partition coefficient (Wildman–Crippen LogP) is 3.21. The highest BCUT2D eigenvalue weighted by atomic mass is 32.2. The normalized spacial score (nSPS) is 14.5. The molecule has 2 heterocycles. The Labute approximate surface area is 154 Å². The van der Waals surface area contributed by atoms with Crippen molar-refractivity contribution in [2.45, 2.75) is 38.5 Å². The van der Waals surface area contributed by atoms with E-state index in [1.54, 1.807) is 29.2 Å². The summed E-state index contributed by atoms with van der Waals surface area (Å²) < 4.78 is 32.3. The van der Waals surface area contributed by atoms with Crippen LogP contribution in [-0.4, -0.2) is 38.3 Å². The van der Waals surface area contributed by atoms with E-state index in [2.05, 4.69) is 0 Å². The van der Waals surface area contributed by atoms with E-state index >= 15 is 0 Å². The Kier molecular flexibility index (Phi) is 5.20. The molecule has 1 aliphatic rings. The Balaban J connectivity index is 1.98. The van der Waals surface area contributed by atoms with Gasteiger partial charge in [0.2, 0.25) is 10.0 Å². The molecule has 1 aromatic carbocycles. The fraction of sp³-hybridized carbons (Fsp3) is 0.421. The lowest BCUT2D eigenvalue weighted by Gasteiger charge is -2.30. The molecule has 1 aliphatic heterocycles. The van der Waals surface area contributed by atoms with Crippen molar-refractivity contribution in [3.63, 3.8) is 0 Å². The van der Waals surface area contributed by atoms with Crippen LogP contribution in [0.25, 0.3) is 0 Å². The highest BCUT2D eigenvalue weighted by Crippen LogP contribution is 2.32. The first-order chi connectivity index (χ1) is 12.4. The SMILES string of the molecule is CCN(CC)S(=O)(=O)c1ccc2c(c1)CCCN2C(=O)c1occc1C. The van der Waals surface area contributed by atoms with Gasteiger partial charge in [0.15, 0.2) is 5.76 Å².